The van der Waals surface area contributed by atoms with Gasteiger partial charge in [0.2, 0.25) is 15.8 Å². The van der Waals surface area contributed by atoms with E-state index in [-0.39, 0.29) is 10.8 Å². The Bertz CT molecular complexity index is 918. The van der Waals surface area contributed by atoms with Gasteiger partial charge in [0, 0.05) is 11.1 Å². The third-order valence-corrected chi connectivity index (χ3v) is 4.14. The Morgan fingerprint density at radius 2 is 1.82 bits per heavy atom. The molecule has 7 heteroatoms. The van der Waals surface area contributed by atoms with Crippen molar-refractivity contribution in [2.75, 3.05) is 0 Å². The second-order valence-corrected chi connectivity index (χ2v) is 6.37. The molecule has 0 amide bonds. The zero-order valence-corrected chi connectivity index (χ0v) is 12.5. The molecular formula is C15H13N3O3S. The summed E-state index contributed by atoms with van der Waals surface area (Å²) in [5.74, 6) is 0.692. The number of aryl methyl sites for hydroxylation is 1. The van der Waals surface area contributed by atoms with Crippen LogP contribution in [-0.2, 0) is 10.0 Å². The fraction of sp³-hybridized carbons (Fsp3) is 0.0667. The van der Waals surface area contributed by atoms with Crippen LogP contribution in [0.5, 0.6) is 0 Å². The molecule has 0 saturated carbocycles. The van der Waals surface area contributed by atoms with Crippen molar-refractivity contribution in [3.63, 3.8) is 0 Å². The van der Waals surface area contributed by atoms with Crippen LogP contribution in [-0.4, -0.2) is 18.6 Å². The fourth-order valence-electron chi connectivity index (χ4n) is 2.05. The van der Waals surface area contributed by atoms with Gasteiger partial charge in [0.15, 0.2) is 0 Å². The summed E-state index contributed by atoms with van der Waals surface area (Å²) >= 11 is 0. The van der Waals surface area contributed by atoms with Crippen molar-refractivity contribution in [1.29, 1.82) is 0 Å². The van der Waals surface area contributed by atoms with E-state index in [1.807, 2.05) is 37.3 Å². The van der Waals surface area contributed by atoms with E-state index in [2.05, 4.69) is 10.1 Å². The van der Waals surface area contributed by atoms with Crippen LogP contribution in [0.25, 0.3) is 22.8 Å². The van der Waals surface area contributed by atoms with E-state index in [4.69, 9.17) is 9.66 Å². The third-order valence-electron chi connectivity index (χ3n) is 3.23. The Balaban J connectivity index is 2.07. The molecule has 1 aromatic heterocycles. The van der Waals surface area contributed by atoms with Gasteiger partial charge in [0.1, 0.15) is 0 Å². The average molecular weight is 315 g/mol. The number of hydrogen-bond donors (Lipinski definition) is 1. The maximum atomic E-state index is 11.5. The number of rotatable bonds is 3. The van der Waals surface area contributed by atoms with Crippen LogP contribution in [0.4, 0.5) is 0 Å². The summed E-state index contributed by atoms with van der Waals surface area (Å²) in [6.07, 6.45) is 0. The molecule has 0 aliphatic carbocycles. The topological polar surface area (TPSA) is 99.1 Å². The Kier molecular flexibility index (Phi) is 3.51. The van der Waals surface area contributed by atoms with Gasteiger partial charge < -0.3 is 4.52 Å². The minimum Gasteiger partial charge on any atom is -0.334 e. The Labute approximate surface area is 127 Å². The van der Waals surface area contributed by atoms with Crippen LogP contribution >= 0.6 is 0 Å². The van der Waals surface area contributed by atoms with E-state index in [0.29, 0.717) is 11.4 Å². The molecule has 2 N–H and O–H groups in total. The third kappa shape index (κ3) is 2.76. The van der Waals surface area contributed by atoms with Gasteiger partial charge in [-0.1, -0.05) is 41.6 Å². The first-order valence-electron chi connectivity index (χ1n) is 6.48. The summed E-state index contributed by atoms with van der Waals surface area (Å²) < 4.78 is 28.2. The van der Waals surface area contributed by atoms with Gasteiger partial charge in [-0.25, -0.2) is 13.6 Å². The van der Waals surface area contributed by atoms with Gasteiger partial charge in [-0.05, 0) is 24.6 Å². The molecule has 1 heterocycles. The lowest BCUT2D eigenvalue weighted by Crippen LogP contribution is -2.12. The smallest absolute Gasteiger partial charge is 0.258 e. The highest BCUT2D eigenvalue weighted by molar-refractivity contribution is 7.89. The summed E-state index contributed by atoms with van der Waals surface area (Å²) in [5, 5.41) is 9.08. The molecule has 3 rings (SSSR count). The van der Waals surface area contributed by atoms with Crippen molar-refractivity contribution < 1.29 is 12.9 Å². The van der Waals surface area contributed by atoms with Crippen LogP contribution in [0.3, 0.4) is 0 Å². The number of nitrogens with two attached hydrogens (primary N) is 1. The first kappa shape index (κ1) is 14.4. The molecule has 0 aliphatic rings. The van der Waals surface area contributed by atoms with Crippen molar-refractivity contribution in [3.05, 3.63) is 54.1 Å². The van der Waals surface area contributed by atoms with E-state index in [1.54, 1.807) is 6.07 Å². The minimum atomic E-state index is -3.79. The molecular weight excluding hydrogens is 302 g/mol. The first-order chi connectivity index (χ1) is 10.4. The SMILES string of the molecule is Cc1ccc(S(N)(=O)=O)cc1-c1nc(-c2ccccc2)no1. The summed E-state index contributed by atoms with van der Waals surface area (Å²) in [6, 6.07) is 13.9. The highest BCUT2D eigenvalue weighted by atomic mass is 32.2. The lowest BCUT2D eigenvalue weighted by Gasteiger charge is -2.03. The molecule has 0 atom stereocenters. The summed E-state index contributed by atoms with van der Waals surface area (Å²) in [7, 11) is -3.79. The lowest BCUT2D eigenvalue weighted by molar-refractivity contribution is 0.432. The van der Waals surface area contributed by atoms with Crippen molar-refractivity contribution >= 4 is 10.0 Å². The second kappa shape index (κ2) is 5.36. The lowest BCUT2D eigenvalue weighted by atomic mass is 10.1. The zero-order chi connectivity index (χ0) is 15.7. The predicted molar refractivity (Wildman–Crippen MR) is 81.3 cm³/mol. The number of aromatic nitrogens is 2. The van der Waals surface area contributed by atoms with Gasteiger partial charge in [-0.15, -0.1) is 0 Å². The number of nitrogens with zero attached hydrogens (tertiary/aromatic N) is 2. The maximum absolute atomic E-state index is 11.5. The minimum absolute atomic E-state index is 0.00700. The van der Waals surface area contributed by atoms with Crippen molar-refractivity contribution in [2.24, 2.45) is 5.14 Å². The molecule has 0 spiro atoms. The molecule has 0 fully saturated rings. The van der Waals surface area contributed by atoms with E-state index in [1.165, 1.54) is 12.1 Å². The quantitative estimate of drug-likeness (QED) is 0.800. The molecule has 0 aliphatic heterocycles. The van der Waals surface area contributed by atoms with E-state index < -0.39 is 10.0 Å². The van der Waals surface area contributed by atoms with Crippen LogP contribution in [0.1, 0.15) is 5.56 Å². The molecule has 112 valence electrons. The molecule has 0 radical (unpaired) electrons. The number of hydrogen-bond acceptors (Lipinski definition) is 5. The van der Waals surface area contributed by atoms with Crippen molar-refractivity contribution in [2.45, 2.75) is 11.8 Å². The van der Waals surface area contributed by atoms with Gasteiger partial charge in [-0.3, -0.25) is 0 Å². The highest BCUT2D eigenvalue weighted by Crippen LogP contribution is 2.26. The normalized spacial score (nSPS) is 11.5. The molecule has 0 bridgehead atoms. The van der Waals surface area contributed by atoms with Crippen LogP contribution in [0.15, 0.2) is 57.9 Å². The van der Waals surface area contributed by atoms with E-state index in [9.17, 15) is 8.42 Å². The standard InChI is InChI=1S/C15H13N3O3S/c1-10-7-8-12(22(16,19)20)9-13(10)15-17-14(18-21-15)11-5-3-2-4-6-11/h2-9H,1H3,(H2,16,19,20). The van der Waals surface area contributed by atoms with Gasteiger partial charge >= 0.3 is 0 Å². The van der Waals surface area contributed by atoms with Crippen molar-refractivity contribution in [1.82, 2.24) is 10.1 Å². The molecule has 22 heavy (non-hydrogen) atoms. The summed E-state index contributed by atoms with van der Waals surface area (Å²) in [5.41, 5.74) is 2.18. The Morgan fingerprint density at radius 3 is 2.50 bits per heavy atom. The predicted octanol–water partition coefficient (Wildman–Crippen LogP) is 2.36. The largest absolute Gasteiger partial charge is 0.334 e. The van der Waals surface area contributed by atoms with Gasteiger partial charge in [-0.2, -0.15) is 4.98 Å². The first-order valence-corrected chi connectivity index (χ1v) is 8.03. The Hall–Kier alpha value is -2.51. The van der Waals surface area contributed by atoms with Gasteiger partial charge in [0.25, 0.3) is 5.89 Å². The molecule has 0 saturated heterocycles. The second-order valence-electron chi connectivity index (χ2n) is 4.81. The highest BCUT2D eigenvalue weighted by Gasteiger charge is 2.16. The fourth-order valence-corrected chi connectivity index (χ4v) is 2.59. The Morgan fingerprint density at radius 1 is 1.09 bits per heavy atom. The molecule has 2 aromatic carbocycles. The monoisotopic (exact) mass is 315 g/mol. The molecule has 3 aromatic rings. The number of sulfonamides is 1. The van der Waals surface area contributed by atoms with E-state index >= 15 is 0 Å². The van der Waals surface area contributed by atoms with Gasteiger partial charge in [0.05, 0.1) is 4.90 Å². The zero-order valence-electron chi connectivity index (χ0n) is 11.7. The van der Waals surface area contributed by atoms with Crippen LogP contribution in [0.2, 0.25) is 0 Å². The maximum Gasteiger partial charge on any atom is 0.258 e. The van der Waals surface area contributed by atoms with Crippen LogP contribution < -0.4 is 5.14 Å². The number of primary sulfonamides is 1. The summed E-state index contributed by atoms with van der Waals surface area (Å²) in [6.45, 7) is 1.83. The molecule has 6 nitrogen and oxygen atoms in total. The van der Waals surface area contributed by atoms with Crippen LogP contribution in [0, 0.1) is 6.92 Å². The van der Waals surface area contributed by atoms with Crippen molar-refractivity contribution in [3.8, 4) is 22.8 Å². The summed E-state index contributed by atoms with van der Waals surface area (Å²) in [4.78, 5) is 4.33. The average Bonchev–Trinajstić information content (AvgIpc) is 2.97. The number of benzene rings is 2. The van der Waals surface area contributed by atoms with E-state index in [0.717, 1.165) is 11.1 Å². The molecule has 0 unspecified atom stereocenters.